The average molecular weight is 712 g/mol. The maximum absolute atomic E-state index is 1.50. The minimum atomic E-state index is 0. The van der Waals surface area contributed by atoms with E-state index in [4.69, 9.17) is 0 Å². The van der Waals surface area contributed by atoms with Gasteiger partial charge in [-0.3, -0.25) is 0 Å². The molecule has 0 nitrogen and oxygen atoms in total. The van der Waals surface area contributed by atoms with Crippen LogP contribution in [0, 0.1) is 0 Å². The lowest BCUT2D eigenvalue weighted by atomic mass is 10.1. The normalized spacial score (nSPS) is 23.5. The van der Waals surface area contributed by atoms with Gasteiger partial charge < -0.3 is 0 Å². The monoisotopic (exact) mass is 711 g/mol. The lowest BCUT2D eigenvalue weighted by molar-refractivity contribution is 0.548. The van der Waals surface area contributed by atoms with Gasteiger partial charge in [-0.15, -0.1) is 17.0 Å². The molecule has 3 rings (SSSR count). The average Bonchev–Trinajstić information content (AvgIpc) is 3.09. The van der Waals surface area contributed by atoms with Crippen molar-refractivity contribution in [2.75, 3.05) is 0 Å². The Hall–Kier alpha value is 0.480. The van der Waals surface area contributed by atoms with Crippen LogP contribution >= 0.6 is 17.0 Å². The van der Waals surface area contributed by atoms with Crippen LogP contribution in [0.25, 0.3) is 0 Å². The molecule has 0 radical (unpaired) electrons. The van der Waals surface area contributed by atoms with Gasteiger partial charge >= 0.3 is 0 Å². The molecular weight excluding hydrogens is 620 g/mol. The quantitative estimate of drug-likeness (QED) is 0.235. The van der Waals surface area contributed by atoms with Gasteiger partial charge in [0.05, 0.1) is 0 Å². The Morgan fingerprint density at radius 1 is 0.0652 bits per heavy atom. The lowest BCUT2D eigenvalue weighted by Gasteiger charge is -2.01. The van der Waals surface area contributed by atoms with Crippen molar-refractivity contribution in [3.63, 3.8) is 0 Å². The van der Waals surface area contributed by atoms with Crippen molar-refractivity contribution >= 4 is 17.0 Å². The molecule has 3 fully saturated rings. The summed E-state index contributed by atoms with van der Waals surface area (Å²) in [6.07, 6.45) is 67.5. The van der Waals surface area contributed by atoms with Gasteiger partial charge in [-0.1, -0.05) is 289 Å². The van der Waals surface area contributed by atoms with E-state index >= 15 is 0 Å². The molecule has 3 aliphatic rings. The maximum Gasteiger partial charge on any atom is -0.0533 e. The molecule has 0 heterocycles. The minimum absolute atomic E-state index is 0. The molecule has 0 aliphatic heterocycles. The summed E-state index contributed by atoms with van der Waals surface area (Å²) < 4.78 is 0. The van der Waals surface area contributed by atoms with Crippen LogP contribution in [0.1, 0.15) is 289 Å². The zero-order valence-electron chi connectivity index (χ0n) is 32.2. The molecule has 278 valence electrons. The topological polar surface area (TPSA) is 0 Å². The van der Waals surface area contributed by atoms with E-state index in [2.05, 4.69) is 0 Å². The lowest BCUT2D eigenvalue weighted by Crippen LogP contribution is -1.81. The van der Waals surface area contributed by atoms with Crippen molar-refractivity contribution in [1.29, 1.82) is 0 Å². The summed E-state index contributed by atoms with van der Waals surface area (Å²) in [6.45, 7) is 0. The van der Waals surface area contributed by atoms with Crippen LogP contribution in [-0.2, 0) is 0 Å². The molecule has 0 aromatic heterocycles. The van der Waals surface area contributed by atoms with Gasteiger partial charge in [-0.05, 0) is 0 Å². The Balaban J connectivity index is 0.000000653. The van der Waals surface area contributed by atoms with Crippen LogP contribution in [-0.4, -0.2) is 0 Å². The molecule has 0 aromatic carbocycles. The summed E-state index contributed by atoms with van der Waals surface area (Å²) in [5.41, 5.74) is 0. The van der Waals surface area contributed by atoms with Gasteiger partial charge in [0.1, 0.15) is 0 Å². The summed E-state index contributed by atoms with van der Waals surface area (Å²) in [7, 11) is 0. The number of hydrogen-bond acceptors (Lipinski definition) is 0. The molecule has 46 heavy (non-hydrogen) atoms. The van der Waals surface area contributed by atoms with Gasteiger partial charge in [0.25, 0.3) is 0 Å². The number of halogens is 1. The predicted octanol–water partition coefficient (Wildman–Crippen LogP) is 18.1. The van der Waals surface area contributed by atoms with Crippen molar-refractivity contribution in [3.05, 3.63) is 0 Å². The summed E-state index contributed by atoms with van der Waals surface area (Å²) in [5, 5.41) is 0. The number of hydrogen-bond donors (Lipinski definition) is 0. The molecular formula is C45H91Br. The molecule has 0 spiro atoms. The first kappa shape index (κ1) is 46.5. The van der Waals surface area contributed by atoms with E-state index in [1.165, 1.54) is 289 Å². The Morgan fingerprint density at radius 2 is 0.0870 bits per heavy atom. The predicted molar refractivity (Wildman–Crippen MR) is 218 cm³/mol. The SMILES string of the molecule is Br.C1CCCCCCCCCCCCCC1.C1CCCCCCCCCCCCCC1.C1CCCCCCCCCCCCCC1. The number of rotatable bonds is 0. The van der Waals surface area contributed by atoms with Crippen LogP contribution in [0.2, 0.25) is 0 Å². The first-order valence-electron chi connectivity index (χ1n) is 22.5. The third kappa shape index (κ3) is 40.7. The van der Waals surface area contributed by atoms with E-state index in [0.717, 1.165) is 0 Å². The van der Waals surface area contributed by atoms with E-state index in [1.54, 1.807) is 0 Å². The van der Waals surface area contributed by atoms with Crippen molar-refractivity contribution in [1.82, 2.24) is 0 Å². The second-order valence-electron chi connectivity index (χ2n) is 15.9. The van der Waals surface area contributed by atoms with E-state index in [-0.39, 0.29) is 17.0 Å². The Labute approximate surface area is 304 Å². The molecule has 0 atom stereocenters. The smallest absolute Gasteiger partial charge is 0.0533 e. The van der Waals surface area contributed by atoms with E-state index in [1.807, 2.05) is 0 Å². The molecule has 0 unspecified atom stereocenters. The third-order valence-corrected chi connectivity index (χ3v) is 11.2. The van der Waals surface area contributed by atoms with Crippen LogP contribution in [0.5, 0.6) is 0 Å². The molecule has 0 amide bonds. The second kappa shape index (κ2) is 43.5. The standard InChI is InChI=1S/3C15H30.BrH/c3*1-2-4-6-8-10-12-14-15-13-11-9-7-5-3-1;/h3*1-15H2;1H. The zero-order valence-corrected chi connectivity index (χ0v) is 33.9. The van der Waals surface area contributed by atoms with Gasteiger partial charge in [0.15, 0.2) is 0 Å². The van der Waals surface area contributed by atoms with Crippen molar-refractivity contribution in [3.8, 4) is 0 Å². The summed E-state index contributed by atoms with van der Waals surface area (Å²) >= 11 is 0. The molecule has 3 aliphatic carbocycles. The molecule has 0 saturated heterocycles. The van der Waals surface area contributed by atoms with Gasteiger partial charge in [-0.25, -0.2) is 0 Å². The van der Waals surface area contributed by atoms with E-state index in [9.17, 15) is 0 Å². The highest BCUT2D eigenvalue weighted by molar-refractivity contribution is 8.93. The molecule has 3 saturated carbocycles. The van der Waals surface area contributed by atoms with Crippen LogP contribution in [0.15, 0.2) is 0 Å². The van der Waals surface area contributed by atoms with Crippen molar-refractivity contribution in [2.24, 2.45) is 0 Å². The van der Waals surface area contributed by atoms with Crippen LogP contribution in [0.3, 0.4) is 0 Å². The third-order valence-electron chi connectivity index (χ3n) is 11.2. The van der Waals surface area contributed by atoms with Gasteiger partial charge in [0.2, 0.25) is 0 Å². The van der Waals surface area contributed by atoms with Crippen LogP contribution < -0.4 is 0 Å². The molecule has 0 aromatic rings. The molecule has 0 N–H and O–H groups in total. The Kier molecular flexibility index (Phi) is 44.0. The molecule has 0 bridgehead atoms. The summed E-state index contributed by atoms with van der Waals surface area (Å²) in [5.74, 6) is 0. The Bertz CT molecular complexity index is 254. The van der Waals surface area contributed by atoms with E-state index in [0.29, 0.717) is 0 Å². The van der Waals surface area contributed by atoms with Gasteiger partial charge in [0, 0.05) is 0 Å². The highest BCUT2D eigenvalue weighted by atomic mass is 79.9. The molecule has 1 heteroatoms. The van der Waals surface area contributed by atoms with E-state index < -0.39 is 0 Å². The van der Waals surface area contributed by atoms with Gasteiger partial charge in [-0.2, -0.15) is 0 Å². The first-order valence-corrected chi connectivity index (χ1v) is 22.5. The van der Waals surface area contributed by atoms with Crippen LogP contribution in [0.4, 0.5) is 0 Å². The second-order valence-corrected chi connectivity index (χ2v) is 15.9. The fraction of sp³-hybridized carbons (Fsp3) is 1.00. The fourth-order valence-electron chi connectivity index (χ4n) is 7.95. The summed E-state index contributed by atoms with van der Waals surface area (Å²) in [6, 6.07) is 0. The highest BCUT2D eigenvalue weighted by Gasteiger charge is 1.99. The van der Waals surface area contributed by atoms with Crippen molar-refractivity contribution in [2.45, 2.75) is 289 Å². The fourth-order valence-corrected chi connectivity index (χ4v) is 7.95. The Morgan fingerprint density at radius 3 is 0.109 bits per heavy atom. The minimum Gasteiger partial charge on any atom is -0.114 e. The maximum atomic E-state index is 1.50. The largest absolute Gasteiger partial charge is 0.114 e. The first-order chi connectivity index (χ1) is 22.5. The highest BCUT2D eigenvalue weighted by Crippen LogP contribution is 2.19. The van der Waals surface area contributed by atoms with Crippen molar-refractivity contribution < 1.29 is 0 Å². The zero-order chi connectivity index (χ0) is 31.8. The summed E-state index contributed by atoms with van der Waals surface area (Å²) in [4.78, 5) is 0.